The van der Waals surface area contributed by atoms with Gasteiger partial charge in [-0.25, -0.2) is 13.4 Å². The Morgan fingerprint density at radius 2 is 2.15 bits per heavy atom. The first kappa shape index (κ1) is 16.5. The largest absolute Gasteiger partial charge is 0.463 e. The molecule has 1 N–H and O–H groups in total. The van der Waals surface area contributed by atoms with E-state index in [2.05, 4.69) is 19.8 Å². The van der Waals surface area contributed by atoms with Gasteiger partial charge in [-0.1, -0.05) is 0 Å². The van der Waals surface area contributed by atoms with Crippen LogP contribution in [-0.4, -0.2) is 28.2 Å². The number of rotatable bonds is 5. The molecule has 0 spiro atoms. The number of pyridine rings is 1. The summed E-state index contributed by atoms with van der Waals surface area (Å²) in [6, 6.07) is 8.26. The molecule has 0 aliphatic rings. The molecule has 0 unspecified atom stereocenters. The number of nitrogens with one attached hydrogen (secondary N) is 1. The molecule has 0 aliphatic carbocycles. The fraction of sp³-hybridized carbons (Fsp3) is 0.0625. The molecule has 0 radical (unpaired) electrons. The van der Waals surface area contributed by atoms with E-state index in [1.165, 1.54) is 34.5 Å². The molecule has 0 atom stereocenters. The second-order valence-electron chi connectivity index (χ2n) is 5.37. The van der Waals surface area contributed by atoms with Crippen molar-refractivity contribution in [2.75, 3.05) is 4.72 Å². The van der Waals surface area contributed by atoms with Gasteiger partial charge in [-0.15, -0.1) is 11.3 Å². The molecular weight excluding hydrogens is 374 g/mol. The Balaban J connectivity index is 1.70. The molecule has 10 heteroatoms. The molecule has 0 saturated heterocycles. The molecule has 4 aromatic heterocycles. The highest BCUT2D eigenvalue weighted by atomic mass is 32.2. The lowest BCUT2D eigenvalue weighted by atomic mass is 10.4. The van der Waals surface area contributed by atoms with Crippen LogP contribution in [0.4, 0.5) is 5.82 Å². The van der Waals surface area contributed by atoms with Crippen LogP contribution in [0.5, 0.6) is 0 Å². The highest BCUT2D eigenvalue weighted by Crippen LogP contribution is 2.27. The van der Waals surface area contributed by atoms with Gasteiger partial charge in [0, 0.05) is 23.8 Å². The molecule has 0 saturated carbocycles. The average molecular weight is 387 g/mol. The van der Waals surface area contributed by atoms with Gasteiger partial charge in [0.15, 0.2) is 5.76 Å². The highest BCUT2D eigenvalue weighted by Gasteiger charge is 2.20. The lowest BCUT2D eigenvalue weighted by molar-refractivity contribution is 0.580. The Labute approximate surface area is 153 Å². The Hall–Kier alpha value is -2.98. The summed E-state index contributed by atoms with van der Waals surface area (Å²) in [5.74, 6) is 0.931. The minimum atomic E-state index is -3.78. The van der Waals surface area contributed by atoms with E-state index in [1.54, 1.807) is 37.5 Å². The van der Waals surface area contributed by atoms with E-state index in [4.69, 9.17) is 4.42 Å². The molecule has 0 aromatic carbocycles. The predicted molar refractivity (Wildman–Crippen MR) is 96.7 cm³/mol. The van der Waals surface area contributed by atoms with Crippen LogP contribution in [0.1, 0.15) is 5.69 Å². The Kier molecular flexibility index (Phi) is 4.05. The molecule has 0 aliphatic heterocycles. The van der Waals surface area contributed by atoms with Crippen molar-refractivity contribution in [3.8, 4) is 16.6 Å². The zero-order chi connectivity index (χ0) is 18.1. The molecular formula is C16H13N5O3S2. The van der Waals surface area contributed by atoms with Crippen LogP contribution in [-0.2, 0) is 10.0 Å². The third-order valence-electron chi connectivity index (χ3n) is 3.46. The summed E-state index contributed by atoms with van der Waals surface area (Å²) in [6.07, 6.45) is 4.37. The van der Waals surface area contributed by atoms with Gasteiger partial charge in [0.2, 0.25) is 5.13 Å². The van der Waals surface area contributed by atoms with E-state index in [9.17, 15) is 8.42 Å². The van der Waals surface area contributed by atoms with Crippen molar-refractivity contribution in [1.82, 2.24) is 19.7 Å². The number of sulfonamides is 1. The van der Waals surface area contributed by atoms with Gasteiger partial charge in [-0.2, -0.15) is 9.78 Å². The maximum Gasteiger partial charge on any atom is 0.264 e. The first-order valence-corrected chi connectivity index (χ1v) is 9.88. The number of thiazole rings is 1. The third kappa shape index (κ3) is 3.11. The van der Waals surface area contributed by atoms with Crippen molar-refractivity contribution in [2.24, 2.45) is 0 Å². The van der Waals surface area contributed by atoms with E-state index in [1.807, 2.05) is 5.38 Å². The fourth-order valence-corrected chi connectivity index (χ4v) is 4.09. The SMILES string of the molecule is Cc1cc(NS(=O)(=O)c2cccnc2)n(-c2nc(-c3ccco3)cs2)n1. The summed E-state index contributed by atoms with van der Waals surface area (Å²) >= 11 is 1.33. The quantitative estimate of drug-likeness (QED) is 0.564. The maximum absolute atomic E-state index is 12.6. The third-order valence-corrected chi connectivity index (χ3v) is 5.62. The van der Waals surface area contributed by atoms with Crippen LogP contribution in [0.15, 0.2) is 63.7 Å². The fourth-order valence-electron chi connectivity index (χ4n) is 2.32. The summed E-state index contributed by atoms with van der Waals surface area (Å²) in [5.41, 5.74) is 1.31. The molecule has 132 valence electrons. The summed E-state index contributed by atoms with van der Waals surface area (Å²) in [5, 5.41) is 6.69. The second-order valence-corrected chi connectivity index (χ2v) is 7.89. The Morgan fingerprint density at radius 3 is 2.88 bits per heavy atom. The molecule has 0 bridgehead atoms. The van der Waals surface area contributed by atoms with Crippen molar-refractivity contribution in [2.45, 2.75) is 11.8 Å². The molecule has 8 nitrogen and oxygen atoms in total. The van der Waals surface area contributed by atoms with Crippen LogP contribution in [0.2, 0.25) is 0 Å². The first-order chi connectivity index (χ1) is 12.5. The van der Waals surface area contributed by atoms with E-state index in [0.717, 1.165) is 0 Å². The number of furan rings is 1. The molecule has 0 amide bonds. The standard InChI is InChI=1S/C16H13N5O3S2/c1-11-8-15(20-26(22,23)12-4-2-6-17-9-12)21(19-11)16-18-13(10-25-16)14-5-3-7-24-14/h2-10,20H,1H3. The predicted octanol–water partition coefficient (Wildman–Crippen LogP) is 3.09. The summed E-state index contributed by atoms with van der Waals surface area (Å²) in [4.78, 5) is 8.40. The Morgan fingerprint density at radius 1 is 1.27 bits per heavy atom. The number of aromatic nitrogens is 4. The maximum atomic E-state index is 12.6. The van der Waals surface area contributed by atoms with Gasteiger partial charge in [0.1, 0.15) is 16.4 Å². The van der Waals surface area contributed by atoms with Gasteiger partial charge >= 0.3 is 0 Å². The van der Waals surface area contributed by atoms with Crippen molar-refractivity contribution in [3.05, 3.63) is 60.1 Å². The lowest BCUT2D eigenvalue weighted by Gasteiger charge is -2.08. The number of aryl methyl sites for hydroxylation is 1. The second kappa shape index (κ2) is 6.39. The summed E-state index contributed by atoms with van der Waals surface area (Å²) < 4.78 is 34.5. The number of hydrogen-bond donors (Lipinski definition) is 1. The summed E-state index contributed by atoms with van der Waals surface area (Å²) in [7, 11) is -3.78. The zero-order valence-corrected chi connectivity index (χ0v) is 15.2. The first-order valence-electron chi connectivity index (χ1n) is 7.52. The number of nitrogens with zero attached hydrogens (tertiary/aromatic N) is 4. The minimum absolute atomic E-state index is 0.0702. The van der Waals surface area contributed by atoms with Gasteiger partial charge < -0.3 is 4.42 Å². The topological polar surface area (TPSA) is 103 Å². The van der Waals surface area contributed by atoms with E-state index in [-0.39, 0.29) is 4.90 Å². The molecule has 26 heavy (non-hydrogen) atoms. The van der Waals surface area contributed by atoms with Crippen LogP contribution < -0.4 is 4.72 Å². The van der Waals surface area contributed by atoms with Crippen LogP contribution >= 0.6 is 11.3 Å². The molecule has 4 heterocycles. The number of anilines is 1. The van der Waals surface area contributed by atoms with Gasteiger partial charge in [0.25, 0.3) is 10.0 Å². The normalized spacial score (nSPS) is 11.6. The smallest absolute Gasteiger partial charge is 0.264 e. The lowest BCUT2D eigenvalue weighted by Crippen LogP contribution is -2.16. The minimum Gasteiger partial charge on any atom is -0.463 e. The monoisotopic (exact) mass is 387 g/mol. The van der Waals surface area contributed by atoms with Crippen LogP contribution in [0, 0.1) is 6.92 Å². The van der Waals surface area contributed by atoms with Gasteiger partial charge in [-0.3, -0.25) is 9.71 Å². The van der Waals surface area contributed by atoms with E-state index < -0.39 is 10.0 Å². The van der Waals surface area contributed by atoms with Crippen LogP contribution in [0.3, 0.4) is 0 Å². The molecule has 4 aromatic rings. The molecule has 0 fully saturated rings. The summed E-state index contributed by atoms with van der Waals surface area (Å²) in [6.45, 7) is 1.78. The Bertz CT molecular complexity index is 1130. The van der Waals surface area contributed by atoms with Crippen LogP contribution in [0.25, 0.3) is 16.6 Å². The van der Waals surface area contributed by atoms with Gasteiger partial charge in [-0.05, 0) is 31.2 Å². The number of hydrogen-bond acceptors (Lipinski definition) is 7. The van der Waals surface area contributed by atoms with Crippen molar-refractivity contribution < 1.29 is 12.8 Å². The van der Waals surface area contributed by atoms with Crippen molar-refractivity contribution in [1.29, 1.82) is 0 Å². The average Bonchev–Trinajstić information content (AvgIpc) is 3.35. The molecule has 4 rings (SSSR count). The van der Waals surface area contributed by atoms with Crippen molar-refractivity contribution in [3.63, 3.8) is 0 Å². The highest BCUT2D eigenvalue weighted by molar-refractivity contribution is 7.92. The van der Waals surface area contributed by atoms with E-state index in [0.29, 0.717) is 28.1 Å². The zero-order valence-electron chi connectivity index (χ0n) is 13.5. The van der Waals surface area contributed by atoms with Gasteiger partial charge in [0.05, 0.1) is 12.0 Å². The van der Waals surface area contributed by atoms with E-state index >= 15 is 0 Å². The van der Waals surface area contributed by atoms with Crippen molar-refractivity contribution >= 4 is 27.2 Å².